The van der Waals surface area contributed by atoms with Gasteiger partial charge < -0.3 is 14.1 Å². The van der Waals surface area contributed by atoms with Crippen molar-refractivity contribution in [1.82, 2.24) is 20.1 Å². The lowest BCUT2D eigenvalue weighted by Gasteiger charge is -2.25. The van der Waals surface area contributed by atoms with Gasteiger partial charge in [0.25, 0.3) is 5.89 Å². The van der Waals surface area contributed by atoms with E-state index in [0.29, 0.717) is 41.9 Å². The third-order valence-corrected chi connectivity index (χ3v) is 7.50. The van der Waals surface area contributed by atoms with Crippen LogP contribution in [0.1, 0.15) is 23.8 Å². The van der Waals surface area contributed by atoms with Gasteiger partial charge in [-0.2, -0.15) is 18.4 Å². The number of alkyl halides is 3. The summed E-state index contributed by atoms with van der Waals surface area (Å²) < 4.78 is 54.3. The summed E-state index contributed by atoms with van der Waals surface area (Å²) in [6.45, 7) is 3.15. The van der Waals surface area contributed by atoms with E-state index in [1.165, 1.54) is 0 Å². The molecule has 0 unspecified atom stereocenters. The van der Waals surface area contributed by atoms with E-state index in [2.05, 4.69) is 38.0 Å². The van der Waals surface area contributed by atoms with E-state index in [4.69, 9.17) is 9.15 Å². The van der Waals surface area contributed by atoms with Gasteiger partial charge in [-0.15, -0.1) is 5.10 Å². The summed E-state index contributed by atoms with van der Waals surface area (Å²) in [6.07, 6.45) is -3.01. The number of hydrogen-bond donors (Lipinski definition) is 0. The van der Waals surface area contributed by atoms with Crippen molar-refractivity contribution in [3.8, 4) is 17.9 Å². The van der Waals surface area contributed by atoms with E-state index in [0.717, 1.165) is 13.1 Å². The summed E-state index contributed by atoms with van der Waals surface area (Å²) >= 11 is 0. The summed E-state index contributed by atoms with van der Waals surface area (Å²) in [5.41, 5.74) is -1.91. The molecule has 2 saturated heterocycles. The van der Waals surface area contributed by atoms with Crippen LogP contribution in [0.5, 0.6) is 0 Å². The molecule has 0 amide bonds. The van der Waals surface area contributed by atoms with Crippen LogP contribution in [0.3, 0.4) is 0 Å². The van der Waals surface area contributed by atoms with Gasteiger partial charge in [0.05, 0.1) is 36.3 Å². The second-order valence-corrected chi connectivity index (χ2v) is 9.44. The van der Waals surface area contributed by atoms with Crippen LogP contribution >= 0.6 is 0 Å². The first-order valence-corrected chi connectivity index (χ1v) is 11.6. The zero-order chi connectivity index (χ0) is 25.0. The van der Waals surface area contributed by atoms with Crippen molar-refractivity contribution in [2.45, 2.75) is 18.0 Å². The largest absolute Gasteiger partial charge is 0.414 e. The van der Waals surface area contributed by atoms with Gasteiger partial charge >= 0.3 is 6.18 Å². The zero-order valence-corrected chi connectivity index (χ0v) is 19.2. The molecular formula is C25H21F3N6O2. The average molecular weight is 494 g/mol. The number of halogens is 3. The Morgan fingerprint density at radius 2 is 1.94 bits per heavy atom. The molecule has 3 fully saturated rings. The number of aromatic nitrogens is 3. The SMILES string of the molecule is N#Cc1ccc(N2C[C@]3(c4nnc(C#CCN5CCOCC5)o4)C[C@]3(C(F)(F)F)C2)c2cccnc12. The first kappa shape index (κ1) is 22.8. The van der Waals surface area contributed by atoms with Crippen molar-refractivity contribution in [3.63, 3.8) is 0 Å². The molecule has 0 N–H and O–H groups in total. The fraction of sp³-hybridized carbons (Fsp3) is 0.440. The van der Waals surface area contributed by atoms with Gasteiger partial charge in [-0.05, 0) is 36.6 Å². The molecule has 4 heterocycles. The van der Waals surface area contributed by atoms with Crippen LogP contribution in [0.25, 0.3) is 10.9 Å². The van der Waals surface area contributed by atoms with Gasteiger partial charge in [-0.25, -0.2) is 0 Å². The number of hydrogen-bond acceptors (Lipinski definition) is 8. The van der Waals surface area contributed by atoms with Crippen LogP contribution in [0.2, 0.25) is 0 Å². The molecule has 11 heteroatoms. The molecule has 36 heavy (non-hydrogen) atoms. The van der Waals surface area contributed by atoms with Crippen molar-refractivity contribution in [1.29, 1.82) is 5.26 Å². The van der Waals surface area contributed by atoms with Crippen molar-refractivity contribution in [2.75, 3.05) is 50.8 Å². The maximum absolute atomic E-state index is 14.4. The number of pyridine rings is 1. The summed E-state index contributed by atoms with van der Waals surface area (Å²) in [7, 11) is 0. The van der Waals surface area contributed by atoms with E-state index in [1.54, 1.807) is 35.4 Å². The van der Waals surface area contributed by atoms with Gasteiger partial charge in [-0.3, -0.25) is 9.88 Å². The topological polar surface area (TPSA) is 91.3 Å². The third-order valence-electron chi connectivity index (χ3n) is 7.50. The normalized spacial score (nSPS) is 25.8. The molecule has 2 aliphatic heterocycles. The second kappa shape index (κ2) is 8.19. The standard InChI is InChI=1S/C25H21F3N6O2/c26-25(27,28)24-14-23(24,22-32-31-20(36-22)4-2-8-33-9-11-35-12-10-33)15-34(16-24)19-6-5-17(13-29)21-18(19)3-1-7-30-21/h1,3,5-7H,8-12,14-16H2/t23-,24-/m0/s1. The van der Waals surface area contributed by atoms with Crippen molar-refractivity contribution < 1.29 is 22.3 Å². The zero-order valence-electron chi connectivity index (χ0n) is 19.2. The summed E-state index contributed by atoms with van der Waals surface area (Å²) in [4.78, 5) is 8.09. The lowest BCUT2D eigenvalue weighted by Crippen LogP contribution is -2.36. The predicted octanol–water partition coefficient (Wildman–Crippen LogP) is 2.88. The monoisotopic (exact) mass is 494 g/mol. The minimum atomic E-state index is -4.46. The Labute approximate surface area is 204 Å². The molecule has 2 aromatic heterocycles. The maximum Gasteiger partial charge on any atom is 0.397 e. The number of ether oxygens (including phenoxy) is 1. The highest BCUT2D eigenvalue weighted by molar-refractivity contribution is 5.95. The molecule has 0 spiro atoms. The van der Waals surface area contributed by atoms with Gasteiger partial charge in [0.1, 0.15) is 11.5 Å². The minimum Gasteiger partial charge on any atom is -0.414 e. The number of nitriles is 1. The second-order valence-electron chi connectivity index (χ2n) is 9.44. The molecule has 1 aromatic carbocycles. The number of anilines is 1. The van der Waals surface area contributed by atoms with Gasteiger partial charge in [0.15, 0.2) is 0 Å². The number of piperidine rings is 1. The molecular weight excluding hydrogens is 473 g/mol. The highest BCUT2D eigenvalue weighted by Gasteiger charge is 2.86. The molecule has 3 aromatic rings. The van der Waals surface area contributed by atoms with Crippen molar-refractivity contribution in [3.05, 3.63) is 47.8 Å². The summed E-state index contributed by atoms with van der Waals surface area (Å²) in [6, 6.07) is 8.85. The molecule has 0 radical (unpaired) electrons. The maximum atomic E-state index is 14.4. The van der Waals surface area contributed by atoms with Crippen LogP contribution in [-0.4, -0.2) is 72.2 Å². The summed E-state index contributed by atoms with van der Waals surface area (Å²) in [5.74, 6) is 5.74. The van der Waals surface area contributed by atoms with E-state index in [1.807, 2.05) is 0 Å². The van der Waals surface area contributed by atoms with E-state index in [9.17, 15) is 18.4 Å². The van der Waals surface area contributed by atoms with E-state index < -0.39 is 17.0 Å². The van der Waals surface area contributed by atoms with Crippen LogP contribution in [0, 0.1) is 28.6 Å². The van der Waals surface area contributed by atoms with Crippen molar-refractivity contribution >= 4 is 16.6 Å². The molecule has 2 atom stereocenters. The lowest BCUT2D eigenvalue weighted by atomic mass is 9.95. The molecule has 1 saturated carbocycles. The van der Waals surface area contributed by atoms with Gasteiger partial charge in [-0.1, -0.05) is 11.0 Å². The lowest BCUT2D eigenvalue weighted by molar-refractivity contribution is -0.187. The molecule has 6 rings (SSSR count). The number of fused-ring (bicyclic) bond motifs is 2. The minimum absolute atomic E-state index is 0.0158. The molecule has 3 aliphatic rings. The fourth-order valence-corrected chi connectivity index (χ4v) is 5.55. The highest BCUT2D eigenvalue weighted by atomic mass is 19.4. The van der Waals surface area contributed by atoms with E-state index >= 15 is 0 Å². The van der Waals surface area contributed by atoms with E-state index in [-0.39, 0.29) is 31.3 Å². The quantitative estimate of drug-likeness (QED) is 0.514. The smallest absolute Gasteiger partial charge is 0.397 e. The number of benzene rings is 1. The van der Waals surface area contributed by atoms with Gasteiger partial charge in [0.2, 0.25) is 5.89 Å². The number of rotatable bonds is 3. The predicted molar refractivity (Wildman–Crippen MR) is 122 cm³/mol. The Balaban J connectivity index is 1.31. The Kier molecular flexibility index (Phi) is 5.18. The van der Waals surface area contributed by atoms with Gasteiger partial charge in [0, 0.05) is 43.4 Å². The van der Waals surface area contributed by atoms with Crippen molar-refractivity contribution in [2.24, 2.45) is 5.41 Å². The van der Waals surface area contributed by atoms with Crippen LogP contribution in [-0.2, 0) is 10.2 Å². The Morgan fingerprint density at radius 1 is 1.11 bits per heavy atom. The molecule has 184 valence electrons. The Morgan fingerprint density at radius 3 is 2.72 bits per heavy atom. The Hall–Kier alpha value is -3.67. The van der Waals surface area contributed by atoms with Crippen LogP contribution in [0.4, 0.5) is 18.9 Å². The average Bonchev–Trinajstić information content (AvgIpc) is 3.17. The highest BCUT2D eigenvalue weighted by Crippen LogP contribution is 2.75. The van der Waals surface area contributed by atoms with Crippen LogP contribution in [0.15, 0.2) is 34.9 Å². The Bertz CT molecular complexity index is 1430. The number of morpholine rings is 1. The molecule has 0 bridgehead atoms. The first-order chi connectivity index (χ1) is 17.4. The first-order valence-electron chi connectivity index (χ1n) is 11.6. The number of nitrogens with zero attached hydrogens (tertiary/aromatic N) is 6. The molecule has 8 nitrogen and oxygen atoms in total. The third kappa shape index (κ3) is 3.42. The summed E-state index contributed by atoms with van der Waals surface area (Å²) in [5, 5.41) is 18.0. The molecule has 1 aliphatic carbocycles. The van der Waals surface area contributed by atoms with Crippen LogP contribution < -0.4 is 4.90 Å². The fourth-order valence-electron chi connectivity index (χ4n) is 5.55.